The standard InChI is InChI=1S/C15H31NO3S/c1-4-13-8-7-9-14(10-13)19-11-15(5-2,6-3)12-20(16,17)18/h13-14H,4-12H2,1-3H3,(H2,16,17,18). The van der Waals surface area contributed by atoms with E-state index in [1.54, 1.807) is 0 Å². The molecule has 1 aliphatic rings. The quantitative estimate of drug-likeness (QED) is 0.749. The lowest BCUT2D eigenvalue weighted by Crippen LogP contribution is -2.38. The normalized spacial score (nSPS) is 24.8. The van der Waals surface area contributed by atoms with Gasteiger partial charge in [0.25, 0.3) is 0 Å². The average Bonchev–Trinajstić information content (AvgIpc) is 2.42. The van der Waals surface area contributed by atoms with Crippen molar-refractivity contribution in [3.63, 3.8) is 0 Å². The van der Waals surface area contributed by atoms with Gasteiger partial charge in [-0.3, -0.25) is 0 Å². The summed E-state index contributed by atoms with van der Waals surface area (Å²) in [6.07, 6.45) is 7.83. The highest BCUT2D eigenvalue weighted by Crippen LogP contribution is 2.32. The molecule has 0 bridgehead atoms. The van der Waals surface area contributed by atoms with Gasteiger partial charge < -0.3 is 4.74 Å². The molecule has 1 aliphatic carbocycles. The number of primary sulfonamides is 1. The van der Waals surface area contributed by atoms with Crippen LogP contribution in [-0.2, 0) is 14.8 Å². The van der Waals surface area contributed by atoms with E-state index < -0.39 is 10.0 Å². The number of sulfonamides is 1. The van der Waals surface area contributed by atoms with Gasteiger partial charge >= 0.3 is 0 Å². The molecule has 1 fully saturated rings. The van der Waals surface area contributed by atoms with Gasteiger partial charge in [0.15, 0.2) is 0 Å². The van der Waals surface area contributed by atoms with E-state index in [1.807, 2.05) is 13.8 Å². The van der Waals surface area contributed by atoms with Crippen LogP contribution in [-0.4, -0.2) is 26.9 Å². The first-order chi connectivity index (χ1) is 9.34. The zero-order chi connectivity index (χ0) is 15.2. The molecule has 5 heteroatoms. The predicted octanol–water partition coefficient (Wildman–Crippen LogP) is 3.07. The maximum absolute atomic E-state index is 11.4. The van der Waals surface area contributed by atoms with E-state index in [9.17, 15) is 8.42 Å². The van der Waals surface area contributed by atoms with Crippen molar-refractivity contribution in [2.75, 3.05) is 12.4 Å². The molecule has 0 aromatic heterocycles. The van der Waals surface area contributed by atoms with Crippen LogP contribution in [0.3, 0.4) is 0 Å². The third kappa shape index (κ3) is 5.70. The first-order valence-corrected chi connectivity index (χ1v) is 9.67. The second-order valence-corrected chi connectivity index (χ2v) is 8.00. The second kappa shape index (κ2) is 7.76. The van der Waals surface area contributed by atoms with Gasteiger partial charge in [-0.05, 0) is 31.6 Å². The SMILES string of the molecule is CCC1CCCC(OCC(CC)(CC)CS(N)(=O)=O)C1. The molecular formula is C15H31NO3S. The Bertz CT molecular complexity index is 377. The predicted molar refractivity (Wildman–Crippen MR) is 83.0 cm³/mol. The molecule has 2 atom stereocenters. The van der Waals surface area contributed by atoms with Gasteiger partial charge in [0.2, 0.25) is 10.0 Å². The lowest BCUT2D eigenvalue weighted by Gasteiger charge is -2.35. The number of nitrogens with two attached hydrogens (primary N) is 1. The molecule has 4 nitrogen and oxygen atoms in total. The van der Waals surface area contributed by atoms with Crippen LogP contribution in [0.5, 0.6) is 0 Å². The van der Waals surface area contributed by atoms with Crippen molar-refractivity contribution in [1.82, 2.24) is 0 Å². The van der Waals surface area contributed by atoms with Gasteiger partial charge in [-0.1, -0.05) is 40.0 Å². The maximum atomic E-state index is 11.4. The van der Waals surface area contributed by atoms with Crippen molar-refractivity contribution < 1.29 is 13.2 Å². The summed E-state index contributed by atoms with van der Waals surface area (Å²) >= 11 is 0. The molecule has 1 saturated carbocycles. The third-order valence-electron chi connectivity index (χ3n) is 4.94. The van der Waals surface area contributed by atoms with Crippen LogP contribution in [0.15, 0.2) is 0 Å². The van der Waals surface area contributed by atoms with Crippen molar-refractivity contribution in [2.24, 2.45) is 16.5 Å². The molecule has 0 heterocycles. The molecule has 0 aliphatic heterocycles. The summed E-state index contributed by atoms with van der Waals surface area (Å²) in [7, 11) is -3.45. The minimum absolute atomic E-state index is 0.0247. The zero-order valence-electron chi connectivity index (χ0n) is 13.2. The van der Waals surface area contributed by atoms with E-state index in [2.05, 4.69) is 6.92 Å². The van der Waals surface area contributed by atoms with Crippen molar-refractivity contribution in [2.45, 2.75) is 71.8 Å². The maximum Gasteiger partial charge on any atom is 0.209 e. The van der Waals surface area contributed by atoms with Crippen molar-refractivity contribution in [3.05, 3.63) is 0 Å². The number of hydrogen-bond acceptors (Lipinski definition) is 3. The van der Waals surface area contributed by atoms with Crippen molar-refractivity contribution in [1.29, 1.82) is 0 Å². The number of rotatable bonds is 8. The van der Waals surface area contributed by atoms with E-state index in [1.165, 1.54) is 19.3 Å². The van der Waals surface area contributed by atoms with Gasteiger partial charge in [-0.2, -0.15) is 0 Å². The van der Waals surface area contributed by atoms with Gasteiger partial charge in [0, 0.05) is 5.41 Å². The molecule has 0 saturated heterocycles. The Hall–Kier alpha value is -0.130. The molecule has 20 heavy (non-hydrogen) atoms. The molecule has 0 aromatic carbocycles. The molecule has 2 N–H and O–H groups in total. The lowest BCUT2D eigenvalue weighted by molar-refractivity contribution is -0.0319. The highest BCUT2D eigenvalue weighted by Gasteiger charge is 2.33. The molecule has 1 rings (SSSR count). The first kappa shape index (κ1) is 17.9. The largest absolute Gasteiger partial charge is 0.378 e. The molecular weight excluding hydrogens is 274 g/mol. The second-order valence-electron chi connectivity index (χ2n) is 6.39. The average molecular weight is 305 g/mol. The van der Waals surface area contributed by atoms with E-state index >= 15 is 0 Å². The Morgan fingerprint density at radius 3 is 2.35 bits per heavy atom. The van der Waals surface area contributed by atoms with E-state index in [-0.39, 0.29) is 11.2 Å². The minimum Gasteiger partial charge on any atom is -0.378 e. The highest BCUT2D eigenvalue weighted by molar-refractivity contribution is 7.89. The lowest BCUT2D eigenvalue weighted by atomic mass is 9.84. The summed E-state index contributed by atoms with van der Waals surface area (Å²) in [6.45, 7) is 6.79. The van der Waals surface area contributed by atoms with Crippen LogP contribution in [0, 0.1) is 11.3 Å². The monoisotopic (exact) mass is 305 g/mol. The Kier molecular flexibility index (Phi) is 6.95. The Morgan fingerprint density at radius 1 is 1.20 bits per heavy atom. The summed E-state index contributed by atoms with van der Waals surface area (Å²) in [5.41, 5.74) is -0.327. The molecule has 0 radical (unpaired) electrons. The van der Waals surface area contributed by atoms with Crippen LogP contribution < -0.4 is 5.14 Å². The van der Waals surface area contributed by atoms with E-state index in [0.29, 0.717) is 12.7 Å². The molecule has 0 amide bonds. The summed E-state index contributed by atoms with van der Waals surface area (Å²) in [4.78, 5) is 0. The van der Waals surface area contributed by atoms with Crippen LogP contribution >= 0.6 is 0 Å². The van der Waals surface area contributed by atoms with Crippen LogP contribution in [0.1, 0.15) is 65.7 Å². The van der Waals surface area contributed by atoms with Crippen LogP contribution in [0.25, 0.3) is 0 Å². The number of ether oxygens (including phenoxy) is 1. The highest BCUT2D eigenvalue weighted by atomic mass is 32.2. The number of hydrogen-bond donors (Lipinski definition) is 1. The summed E-state index contributed by atoms with van der Waals surface area (Å²) < 4.78 is 29.0. The fourth-order valence-electron chi connectivity index (χ4n) is 3.19. The summed E-state index contributed by atoms with van der Waals surface area (Å²) in [6, 6.07) is 0. The smallest absolute Gasteiger partial charge is 0.209 e. The van der Waals surface area contributed by atoms with Crippen LogP contribution in [0.4, 0.5) is 0 Å². The third-order valence-corrected chi connectivity index (χ3v) is 5.96. The first-order valence-electron chi connectivity index (χ1n) is 7.96. The Labute approximate surface area is 124 Å². The van der Waals surface area contributed by atoms with Crippen LogP contribution in [0.2, 0.25) is 0 Å². The van der Waals surface area contributed by atoms with Gasteiger partial charge in [0.05, 0.1) is 18.5 Å². The molecule has 120 valence electrons. The summed E-state index contributed by atoms with van der Waals surface area (Å²) in [5, 5.41) is 5.24. The molecule has 0 aromatic rings. The van der Waals surface area contributed by atoms with Crippen molar-refractivity contribution >= 4 is 10.0 Å². The van der Waals surface area contributed by atoms with Gasteiger partial charge in [-0.15, -0.1) is 0 Å². The Balaban J connectivity index is 2.58. The minimum atomic E-state index is -3.45. The van der Waals surface area contributed by atoms with E-state index in [4.69, 9.17) is 9.88 Å². The zero-order valence-corrected chi connectivity index (χ0v) is 14.0. The fraction of sp³-hybridized carbons (Fsp3) is 1.00. The van der Waals surface area contributed by atoms with E-state index in [0.717, 1.165) is 31.6 Å². The topological polar surface area (TPSA) is 69.4 Å². The van der Waals surface area contributed by atoms with Gasteiger partial charge in [0.1, 0.15) is 0 Å². The van der Waals surface area contributed by atoms with Crippen molar-refractivity contribution in [3.8, 4) is 0 Å². The fourth-order valence-corrected chi connectivity index (χ4v) is 4.53. The molecule has 0 spiro atoms. The van der Waals surface area contributed by atoms with Gasteiger partial charge in [-0.25, -0.2) is 13.6 Å². The molecule has 2 unspecified atom stereocenters. The summed E-state index contributed by atoms with van der Waals surface area (Å²) in [5.74, 6) is 0.793. The Morgan fingerprint density at radius 2 is 1.85 bits per heavy atom.